The van der Waals surface area contributed by atoms with E-state index in [0.717, 1.165) is 19.6 Å². The molecule has 2 aromatic rings. The lowest BCUT2D eigenvalue weighted by molar-refractivity contribution is -0.139. The molecule has 7 nitrogen and oxygen atoms in total. The SMILES string of the molecule is Cc1c(CN2CCC(C(=O)NC(C(=O)NO)C(C)O)CC2)cccc1-c1ccccc1. The van der Waals surface area contributed by atoms with Crippen molar-refractivity contribution >= 4 is 11.8 Å². The molecule has 2 atom stereocenters. The summed E-state index contributed by atoms with van der Waals surface area (Å²) in [6.07, 6.45) is 0.253. The van der Waals surface area contributed by atoms with E-state index >= 15 is 0 Å². The van der Waals surface area contributed by atoms with Gasteiger partial charge in [-0.3, -0.25) is 19.7 Å². The fourth-order valence-corrected chi connectivity index (χ4v) is 4.13. The number of hydrogen-bond donors (Lipinski definition) is 4. The van der Waals surface area contributed by atoms with Crippen LogP contribution >= 0.6 is 0 Å². The van der Waals surface area contributed by atoms with Crippen molar-refractivity contribution in [3.05, 3.63) is 59.7 Å². The number of hydroxylamine groups is 1. The number of aliphatic hydroxyl groups excluding tert-OH is 1. The number of amides is 2. The minimum atomic E-state index is -1.17. The van der Waals surface area contributed by atoms with Gasteiger partial charge in [-0.15, -0.1) is 0 Å². The van der Waals surface area contributed by atoms with E-state index in [2.05, 4.69) is 47.5 Å². The van der Waals surface area contributed by atoms with Gasteiger partial charge >= 0.3 is 0 Å². The molecule has 0 bridgehead atoms. The summed E-state index contributed by atoms with van der Waals surface area (Å²) in [6.45, 7) is 5.93. The molecule has 1 saturated heterocycles. The monoisotopic (exact) mass is 425 g/mol. The molecule has 166 valence electrons. The summed E-state index contributed by atoms with van der Waals surface area (Å²) in [5.41, 5.74) is 6.47. The summed E-state index contributed by atoms with van der Waals surface area (Å²) in [4.78, 5) is 26.5. The standard InChI is InChI=1S/C24H31N3O4/c1-16-20(9-6-10-21(16)18-7-4-3-5-8-18)15-27-13-11-19(12-14-27)23(29)25-22(17(2)28)24(30)26-31/h3-10,17,19,22,28,31H,11-15H2,1-2H3,(H,25,29)(H,26,30). The molecule has 2 aromatic carbocycles. The molecule has 0 spiro atoms. The average molecular weight is 426 g/mol. The molecule has 7 heteroatoms. The molecule has 0 aromatic heterocycles. The van der Waals surface area contributed by atoms with Gasteiger partial charge in [0.2, 0.25) is 5.91 Å². The first-order chi connectivity index (χ1) is 14.9. The van der Waals surface area contributed by atoms with Crippen LogP contribution in [0.15, 0.2) is 48.5 Å². The van der Waals surface area contributed by atoms with Crippen LogP contribution in [-0.4, -0.2) is 52.3 Å². The smallest absolute Gasteiger partial charge is 0.268 e. The zero-order valence-corrected chi connectivity index (χ0v) is 18.0. The third kappa shape index (κ3) is 5.70. The lowest BCUT2D eigenvalue weighted by atomic mass is 9.93. The van der Waals surface area contributed by atoms with Gasteiger partial charge in [-0.05, 0) is 62.0 Å². The summed E-state index contributed by atoms with van der Waals surface area (Å²) in [6, 6.07) is 15.6. The molecule has 0 saturated carbocycles. The summed E-state index contributed by atoms with van der Waals surface area (Å²) < 4.78 is 0. The first-order valence-electron chi connectivity index (χ1n) is 10.7. The fraction of sp³-hybridized carbons (Fsp3) is 0.417. The summed E-state index contributed by atoms with van der Waals surface area (Å²) >= 11 is 0. The second kappa shape index (κ2) is 10.5. The van der Waals surface area contributed by atoms with Crippen LogP contribution in [0.5, 0.6) is 0 Å². The number of nitrogens with one attached hydrogen (secondary N) is 2. The van der Waals surface area contributed by atoms with Crippen molar-refractivity contribution in [3.63, 3.8) is 0 Å². The van der Waals surface area contributed by atoms with Gasteiger partial charge in [0, 0.05) is 12.5 Å². The van der Waals surface area contributed by atoms with Crippen LogP contribution in [-0.2, 0) is 16.1 Å². The summed E-state index contributed by atoms with van der Waals surface area (Å²) in [5, 5.41) is 21.1. The van der Waals surface area contributed by atoms with E-state index in [1.165, 1.54) is 34.7 Å². The topological polar surface area (TPSA) is 102 Å². The number of likely N-dealkylation sites (tertiary alicyclic amines) is 1. The predicted molar refractivity (Wildman–Crippen MR) is 118 cm³/mol. The van der Waals surface area contributed by atoms with Gasteiger partial charge in [-0.1, -0.05) is 48.5 Å². The number of piperidine rings is 1. The minimum Gasteiger partial charge on any atom is -0.391 e. The van der Waals surface area contributed by atoms with E-state index in [4.69, 9.17) is 5.21 Å². The minimum absolute atomic E-state index is 0.222. The molecule has 1 aliphatic rings. The summed E-state index contributed by atoms with van der Waals surface area (Å²) in [5.74, 6) is -1.31. The first-order valence-corrected chi connectivity index (χ1v) is 10.7. The van der Waals surface area contributed by atoms with Gasteiger partial charge in [-0.25, -0.2) is 5.48 Å². The molecule has 1 aliphatic heterocycles. The van der Waals surface area contributed by atoms with E-state index in [0.29, 0.717) is 12.8 Å². The van der Waals surface area contributed by atoms with Crippen LogP contribution in [0, 0.1) is 12.8 Å². The van der Waals surface area contributed by atoms with Crippen molar-refractivity contribution in [2.45, 2.75) is 45.4 Å². The maximum absolute atomic E-state index is 12.6. The van der Waals surface area contributed by atoms with E-state index in [1.807, 2.05) is 18.2 Å². The van der Waals surface area contributed by atoms with E-state index in [1.54, 1.807) is 0 Å². The lowest BCUT2D eigenvalue weighted by Gasteiger charge is -2.32. The number of nitrogens with zero attached hydrogens (tertiary/aromatic N) is 1. The van der Waals surface area contributed by atoms with Crippen LogP contribution in [0.2, 0.25) is 0 Å². The van der Waals surface area contributed by atoms with Crippen LogP contribution in [0.4, 0.5) is 0 Å². The Morgan fingerprint density at radius 1 is 1.10 bits per heavy atom. The Bertz CT molecular complexity index is 893. The third-order valence-electron chi connectivity index (χ3n) is 6.06. The maximum Gasteiger partial charge on any atom is 0.268 e. The Morgan fingerprint density at radius 3 is 2.39 bits per heavy atom. The summed E-state index contributed by atoms with van der Waals surface area (Å²) in [7, 11) is 0. The molecular formula is C24H31N3O4. The van der Waals surface area contributed by atoms with Crippen molar-refractivity contribution in [3.8, 4) is 11.1 Å². The number of carbonyl (C=O) groups is 2. The number of benzene rings is 2. The van der Waals surface area contributed by atoms with Crippen molar-refractivity contribution < 1.29 is 19.9 Å². The van der Waals surface area contributed by atoms with Gasteiger partial charge in [0.25, 0.3) is 5.91 Å². The highest BCUT2D eigenvalue weighted by Gasteiger charge is 2.31. The molecule has 3 rings (SSSR count). The Hall–Kier alpha value is -2.74. The third-order valence-corrected chi connectivity index (χ3v) is 6.06. The molecule has 1 fully saturated rings. The fourth-order valence-electron chi connectivity index (χ4n) is 4.13. The molecular weight excluding hydrogens is 394 g/mol. The quantitative estimate of drug-likeness (QED) is 0.403. The first kappa shape index (κ1) is 22.9. The van der Waals surface area contributed by atoms with Crippen LogP contribution in [0.3, 0.4) is 0 Å². The maximum atomic E-state index is 12.6. The molecule has 0 aliphatic carbocycles. The van der Waals surface area contributed by atoms with Crippen molar-refractivity contribution in [2.24, 2.45) is 5.92 Å². The van der Waals surface area contributed by atoms with Gasteiger partial charge in [0.15, 0.2) is 0 Å². The molecule has 0 radical (unpaired) electrons. The second-order valence-electron chi connectivity index (χ2n) is 8.21. The zero-order valence-electron chi connectivity index (χ0n) is 18.0. The molecule has 1 heterocycles. The van der Waals surface area contributed by atoms with Crippen molar-refractivity contribution in [1.29, 1.82) is 0 Å². The van der Waals surface area contributed by atoms with Gasteiger partial charge in [0.05, 0.1) is 6.10 Å². The second-order valence-corrected chi connectivity index (χ2v) is 8.21. The van der Waals surface area contributed by atoms with E-state index in [9.17, 15) is 14.7 Å². The van der Waals surface area contributed by atoms with Crippen LogP contribution < -0.4 is 10.8 Å². The lowest BCUT2D eigenvalue weighted by Crippen LogP contribution is -2.54. The van der Waals surface area contributed by atoms with Crippen LogP contribution in [0.1, 0.15) is 30.9 Å². The Balaban J connectivity index is 1.58. The number of rotatable bonds is 7. The molecule has 31 heavy (non-hydrogen) atoms. The zero-order chi connectivity index (χ0) is 22.4. The van der Waals surface area contributed by atoms with Gasteiger partial charge in [0.1, 0.15) is 6.04 Å². The number of aliphatic hydroxyl groups is 1. The van der Waals surface area contributed by atoms with Crippen molar-refractivity contribution in [2.75, 3.05) is 13.1 Å². The molecule has 4 N–H and O–H groups in total. The highest BCUT2D eigenvalue weighted by molar-refractivity contribution is 5.88. The Morgan fingerprint density at radius 2 is 1.77 bits per heavy atom. The highest BCUT2D eigenvalue weighted by atomic mass is 16.5. The van der Waals surface area contributed by atoms with E-state index < -0.39 is 18.1 Å². The number of carbonyl (C=O) groups excluding carboxylic acids is 2. The number of hydrogen-bond acceptors (Lipinski definition) is 5. The average Bonchev–Trinajstić information content (AvgIpc) is 2.79. The molecule has 2 unspecified atom stereocenters. The Kier molecular flexibility index (Phi) is 7.79. The normalized spacial score (nSPS) is 17.0. The van der Waals surface area contributed by atoms with Crippen LogP contribution in [0.25, 0.3) is 11.1 Å². The highest BCUT2D eigenvalue weighted by Crippen LogP contribution is 2.27. The van der Waals surface area contributed by atoms with Gasteiger partial charge in [-0.2, -0.15) is 0 Å². The Labute approximate surface area is 183 Å². The molecule has 2 amide bonds. The predicted octanol–water partition coefficient (Wildman–Crippen LogP) is 2.25. The van der Waals surface area contributed by atoms with Gasteiger partial charge < -0.3 is 10.4 Å². The van der Waals surface area contributed by atoms with E-state index in [-0.39, 0.29) is 11.8 Å². The largest absolute Gasteiger partial charge is 0.391 e. The van der Waals surface area contributed by atoms with Crippen molar-refractivity contribution in [1.82, 2.24) is 15.7 Å².